The highest BCUT2D eigenvalue weighted by atomic mass is 32.2. The fraction of sp³-hybridized carbons (Fsp3) is 0.278. The number of hydrogen-bond donors (Lipinski definition) is 0. The van der Waals surface area contributed by atoms with Crippen LogP contribution in [0.3, 0.4) is 0 Å². The Labute approximate surface area is 147 Å². The molecule has 2 rings (SSSR count). The largest absolute Gasteiger partial charge is 0.313 e. The Morgan fingerprint density at radius 3 is 2.24 bits per heavy atom. The number of benzene rings is 2. The average molecular weight is 364 g/mol. The van der Waals surface area contributed by atoms with Gasteiger partial charge in [0.1, 0.15) is 5.82 Å². The van der Waals surface area contributed by atoms with Crippen molar-refractivity contribution in [3.63, 3.8) is 0 Å². The normalized spacial score (nSPS) is 11.2. The summed E-state index contributed by atoms with van der Waals surface area (Å²) < 4.78 is 38.6. The van der Waals surface area contributed by atoms with Gasteiger partial charge < -0.3 is 4.90 Å². The number of hydrogen-bond acceptors (Lipinski definition) is 3. The first-order valence-corrected chi connectivity index (χ1v) is 9.76. The molecule has 0 spiro atoms. The summed E-state index contributed by atoms with van der Waals surface area (Å²) in [5.74, 6) is -0.726. The summed E-state index contributed by atoms with van der Waals surface area (Å²) in [5.41, 5.74) is 0.963. The maximum Gasteiger partial charge on any atom is 0.232 e. The Hall–Kier alpha value is -2.41. The van der Waals surface area contributed by atoms with E-state index in [1.807, 2.05) is 37.3 Å². The van der Waals surface area contributed by atoms with Crippen molar-refractivity contribution in [3.05, 3.63) is 60.4 Å². The lowest BCUT2D eigenvalue weighted by Gasteiger charge is -2.25. The van der Waals surface area contributed by atoms with E-state index in [-0.39, 0.29) is 24.6 Å². The number of amides is 1. The standard InChI is InChI=1S/C18H21FN2O3S/c1-3-20(16-9-5-4-6-10-16)18(22)12-13-21(25(2,23)24)17-11-7-8-15(19)14-17/h4-11,14H,3,12-13H2,1-2H3. The molecule has 0 saturated carbocycles. The molecule has 0 aliphatic rings. The molecule has 5 nitrogen and oxygen atoms in total. The van der Waals surface area contributed by atoms with Gasteiger partial charge in [0.15, 0.2) is 0 Å². The lowest BCUT2D eigenvalue weighted by molar-refractivity contribution is -0.118. The third kappa shape index (κ3) is 5.03. The lowest BCUT2D eigenvalue weighted by Crippen LogP contribution is -2.37. The van der Waals surface area contributed by atoms with E-state index in [1.54, 1.807) is 4.90 Å². The molecule has 0 radical (unpaired) electrons. The van der Waals surface area contributed by atoms with Crippen molar-refractivity contribution >= 4 is 27.3 Å². The van der Waals surface area contributed by atoms with Gasteiger partial charge >= 0.3 is 0 Å². The molecule has 0 heterocycles. The van der Waals surface area contributed by atoms with Crippen LogP contribution in [0.15, 0.2) is 54.6 Å². The van der Waals surface area contributed by atoms with Gasteiger partial charge in [-0.05, 0) is 37.3 Å². The fourth-order valence-corrected chi connectivity index (χ4v) is 3.48. The summed E-state index contributed by atoms with van der Waals surface area (Å²) in [4.78, 5) is 14.1. The molecule has 0 bridgehead atoms. The van der Waals surface area contributed by atoms with Crippen molar-refractivity contribution in [3.8, 4) is 0 Å². The second-order valence-electron chi connectivity index (χ2n) is 5.54. The number of rotatable bonds is 7. The van der Waals surface area contributed by atoms with Crippen LogP contribution in [0.2, 0.25) is 0 Å². The van der Waals surface area contributed by atoms with Crippen molar-refractivity contribution in [2.75, 3.05) is 28.6 Å². The van der Waals surface area contributed by atoms with Crippen LogP contribution in [-0.4, -0.2) is 33.7 Å². The first-order chi connectivity index (χ1) is 11.8. The van der Waals surface area contributed by atoms with Crippen molar-refractivity contribution in [1.82, 2.24) is 0 Å². The molecule has 2 aromatic rings. The molecule has 0 fully saturated rings. The summed E-state index contributed by atoms with van der Waals surface area (Å²) in [5, 5.41) is 0. The van der Waals surface area contributed by atoms with Crippen LogP contribution in [0.25, 0.3) is 0 Å². The Balaban J connectivity index is 2.16. The van der Waals surface area contributed by atoms with Gasteiger partial charge in [-0.1, -0.05) is 24.3 Å². The highest BCUT2D eigenvalue weighted by Gasteiger charge is 2.21. The molecule has 0 aliphatic carbocycles. The molecule has 0 unspecified atom stereocenters. The zero-order chi connectivity index (χ0) is 18.4. The zero-order valence-corrected chi connectivity index (χ0v) is 15.0. The van der Waals surface area contributed by atoms with Crippen LogP contribution in [0, 0.1) is 5.82 Å². The highest BCUT2D eigenvalue weighted by Crippen LogP contribution is 2.20. The van der Waals surface area contributed by atoms with E-state index in [1.165, 1.54) is 18.2 Å². The third-order valence-corrected chi connectivity index (χ3v) is 4.90. The van der Waals surface area contributed by atoms with E-state index in [0.717, 1.165) is 22.3 Å². The van der Waals surface area contributed by atoms with Gasteiger partial charge in [0.05, 0.1) is 11.9 Å². The first-order valence-electron chi connectivity index (χ1n) is 7.91. The predicted octanol–water partition coefficient (Wildman–Crippen LogP) is 3.03. The fourth-order valence-electron chi connectivity index (χ4n) is 2.56. The van der Waals surface area contributed by atoms with Crippen LogP contribution in [0.5, 0.6) is 0 Å². The third-order valence-electron chi connectivity index (χ3n) is 3.71. The molecular weight excluding hydrogens is 343 g/mol. The molecule has 0 atom stereocenters. The molecule has 25 heavy (non-hydrogen) atoms. The Morgan fingerprint density at radius 2 is 1.68 bits per heavy atom. The quantitative estimate of drug-likeness (QED) is 0.759. The predicted molar refractivity (Wildman–Crippen MR) is 97.7 cm³/mol. The molecular formula is C18H21FN2O3S. The minimum absolute atomic E-state index is 0.00762. The van der Waals surface area contributed by atoms with Gasteiger partial charge in [-0.3, -0.25) is 9.10 Å². The minimum Gasteiger partial charge on any atom is -0.313 e. The molecule has 7 heteroatoms. The van der Waals surface area contributed by atoms with E-state index < -0.39 is 15.8 Å². The van der Waals surface area contributed by atoms with Gasteiger partial charge in [-0.25, -0.2) is 12.8 Å². The Kier molecular flexibility index (Phi) is 6.14. The number of nitrogens with zero attached hydrogens (tertiary/aromatic N) is 2. The second kappa shape index (κ2) is 8.11. The zero-order valence-electron chi connectivity index (χ0n) is 14.2. The molecule has 0 N–H and O–H groups in total. The number of halogens is 1. The van der Waals surface area contributed by atoms with Gasteiger partial charge in [0.2, 0.25) is 15.9 Å². The molecule has 1 amide bonds. The van der Waals surface area contributed by atoms with Crippen molar-refractivity contribution < 1.29 is 17.6 Å². The smallest absolute Gasteiger partial charge is 0.232 e. The topological polar surface area (TPSA) is 57.7 Å². The van der Waals surface area contributed by atoms with Gasteiger partial charge in [-0.2, -0.15) is 0 Å². The number of anilines is 2. The Morgan fingerprint density at radius 1 is 1.04 bits per heavy atom. The van der Waals surface area contributed by atoms with E-state index >= 15 is 0 Å². The van der Waals surface area contributed by atoms with Gasteiger partial charge in [0, 0.05) is 25.2 Å². The highest BCUT2D eigenvalue weighted by molar-refractivity contribution is 7.92. The van der Waals surface area contributed by atoms with E-state index in [4.69, 9.17) is 0 Å². The first kappa shape index (κ1) is 18.9. The summed E-state index contributed by atoms with van der Waals surface area (Å²) in [6.45, 7) is 2.28. The number of carbonyl (C=O) groups is 1. The minimum atomic E-state index is -3.63. The Bertz CT molecular complexity index is 825. The van der Waals surface area contributed by atoms with Crippen LogP contribution in [-0.2, 0) is 14.8 Å². The van der Waals surface area contributed by atoms with Crippen molar-refractivity contribution in [2.45, 2.75) is 13.3 Å². The summed E-state index contributed by atoms with van der Waals surface area (Å²) >= 11 is 0. The second-order valence-corrected chi connectivity index (χ2v) is 7.45. The number of carbonyl (C=O) groups excluding carboxylic acids is 1. The molecule has 0 aliphatic heterocycles. The maximum atomic E-state index is 13.4. The monoisotopic (exact) mass is 364 g/mol. The van der Waals surface area contributed by atoms with Crippen LogP contribution in [0.4, 0.5) is 15.8 Å². The van der Waals surface area contributed by atoms with E-state index in [0.29, 0.717) is 6.54 Å². The van der Waals surface area contributed by atoms with E-state index in [9.17, 15) is 17.6 Å². The van der Waals surface area contributed by atoms with Crippen LogP contribution in [0.1, 0.15) is 13.3 Å². The molecule has 134 valence electrons. The number of sulfonamides is 1. The summed E-state index contributed by atoms with van der Waals surface area (Å²) in [7, 11) is -3.63. The average Bonchev–Trinajstić information content (AvgIpc) is 2.55. The van der Waals surface area contributed by atoms with Crippen molar-refractivity contribution in [2.24, 2.45) is 0 Å². The SMILES string of the molecule is CCN(C(=O)CCN(c1cccc(F)c1)S(C)(=O)=O)c1ccccc1. The molecule has 0 aromatic heterocycles. The number of para-hydroxylation sites is 1. The summed E-state index contributed by atoms with van der Waals surface area (Å²) in [6.07, 6.45) is 1.03. The lowest BCUT2D eigenvalue weighted by atomic mass is 10.2. The maximum absolute atomic E-state index is 13.4. The molecule has 0 saturated heterocycles. The van der Waals surface area contributed by atoms with Gasteiger partial charge in [-0.15, -0.1) is 0 Å². The van der Waals surface area contributed by atoms with Gasteiger partial charge in [0.25, 0.3) is 0 Å². The molecule has 2 aromatic carbocycles. The van der Waals surface area contributed by atoms with Crippen molar-refractivity contribution in [1.29, 1.82) is 0 Å². The van der Waals surface area contributed by atoms with Crippen LogP contribution >= 0.6 is 0 Å². The summed E-state index contributed by atoms with van der Waals surface area (Å²) in [6, 6.07) is 14.5. The van der Waals surface area contributed by atoms with Crippen LogP contribution < -0.4 is 9.21 Å². The van der Waals surface area contributed by atoms with E-state index in [2.05, 4.69) is 0 Å².